The molecule has 0 aromatic carbocycles. The monoisotopic (exact) mass is 596 g/mol. The zero-order chi connectivity index (χ0) is 30.6. The summed E-state index contributed by atoms with van der Waals surface area (Å²) in [6, 6.07) is 11.0. The lowest BCUT2D eigenvalue weighted by Gasteiger charge is -2.24. The van der Waals surface area contributed by atoms with Gasteiger partial charge in [-0.25, -0.2) is 14.8 Å². The third-order valence-electron chi connectivity index (χ3n) is 7.63. The average Bonchev–Trinajstić information content (AvgIpc) is 3.05. The molecule has 5 heterocycles. The van der Waals surface area contributed by atoms with E-state index in [4.69, 9.17) is 9.72 Å². The molecule has 0 radical (unpaired) electrons. The highest BCUT2D eigenvalue weighted by molar-refractivity contribution is 5.77. The molecule has 0 aliphatic carbocycles. The standard InChI is InChI=1S/C33H40N8O3/c1-24-7-10-28(21-37-24)44-20-19-41(17-3-2-6-27-9-8-26-5-4-14-36-32(26)38-27)18-13-29(33(42)43)39-31-23-35-22-30(40-31)25-11-15-34-16-12-25/h7-12,15-16,21-23,29H,2-6,13-14,17-20H2,1H3,(H,36,38)(H,39,40)(H,42,43)/t29-/m0/s1. The number of hydrogen-bond acceptors (Lipinski definition) is 10. The topological polar surface area (TPSA) is 138 Å². The lowest BCUT2D eigenvalue weighted by Crippen LogP contribution is -2.37. The molecule has 3 N–H and O–H groups in total. The Balaban J connectivity index is 1.17. The first-order valence-electron chi connectivity index (χ1n) is 15.3. The minimum absolute atomic E-state index is 0.390. The highest BCUT2D eigenvalue weighted by atomic mass is 16.5. The fourth-order valence-electron chi connectivity index (χ4n) is 5.16. The first-order chi connectivity index (χ1) is 21.5. The van der Waals surface area contributed by atoms with E-state index in [0.717, 1.165) is 73.7 Å². The third kappa shape index (κ3) is 9.18. The van der Waals surface area contributed by atoms with Crippen LogP contribution < -0.4 is 15.4 Å². The molecule has 4 aromatic rings. The van der Waals surface area contributed by atoms with Crippen molar-refractivity contribution in [1.82, 2.24) is 29.8 Å². The van der Waals surface area contributed by atoms with Gasteiger partial charge in [-0.2, -0.15) is 0 Å². The molecule has 0 spiro atoms. The number of carboxylic acids is 1. The normalized spacial score (nSPS) is 13.1. The summed E-state index contributed by atoms with van der Waals surface area (Å²) in [5.41, 5.74) is 4.85. The summed E-state index contributed by atoms with van der Waals surface area (Å²) in [4.78, 5) is 36.5. The Labute approximate surface area is 258 Å². The number of ether oxygens (including phenoxy) is 1. The van der Waals surface area contributed by atoms with Gasteiger partial charge in [-0.05, 0) is 87.9 Å². The van der Waals surface area contributed by atoms with Crippen LogP contribution in [0.5, 0.6) is 5.75 Å². The lowest BCUT2D eigenvalue weighted by atomic mass is 10.1. The molecule has 0 saturated carbocycles. The molecule has 11 nitrogen and oxygen atoms in total. The van der Waals surface area contributed by atoms with Crippen LogP contribution in [-0.4, -0.2) is 79.7 Å². The molecule has 0 saturated heterocycles. The Morgan fingerprint density at radius 3 is 2.73 bits per heavy atom. The average molecular weight is 597 g/mol. The summed E-state index contributed by atoms with van der Waals surface area (Å²) < 4.78 is 5.95. The SMILES string of the molecule is Cc1ccc(OCCN(CCCCc2ccc3c(n2)NCCC3)CC[C@H](Nc2cncc(-c3ccncc3)n2)C(=O)O)cn1. The van der Waals surface area contributed by atoms with Gasteiger partial charge in [-0.15, -0.1) is 0 Å². The minimum Gasteiger partial charge on any atom is -0.491 e. The summed E-state index contributed by atoms with van der Waals surface area (Å²) in [6.07, 6.45) is 13.8. The number of fused-ring (bicyclic) bond motifs is 1. The first-order valence-corrected chi connectivity index (χ1v) is 15.3. The Bertz CT molecular complexity index is 1490. The lowest BCUT2D eigenvalue weighted by molar-refractivity contribution is -0.138. The number of nitrogens with one attached hydrogen (secondary N) is 2. The highest BCUT2D eigenvalue weighted by Crippen LogP contribution is 2.21. The van der Waals surface area contributed by atoms with Gasteiger partial charge in [0.15, 0.2) is 0 Å². The zero-order valence-corrected chi connectivity index (χ0v) is 25.2. The van der Waals surface area contributed by atoms with Gasteiger partial charge in [0.05, 0.1) is 24.3 Å². The van der Waals surface area contributed by atoms with Crippen LogP contribution in [0.15, 0.2) is 67.4 Å². The fourth-order valence-corrected chi connectivity index (χ4v) is 5.16. The predicted octanol–water partition coefficient (Wildman–Crippen LogP) is 4.65. The van der Waals surface area contributed by atoms with Gasteiger partial charge in [0.25, 0.3) is 0 Å². The number of aryl methyl sites for hydroxylation is 3. The van der Waals surface area contributed by atoms with Crippen LogP contribution in [0.3, 0.4) is 0 Å². The van der Waals surface area contributed by atoms with Crippen LogP contribution >= 0.6 is 0 Å². The zero-order valence-electron chi connectivity index (χ0n) is 25.2. The minimum atomic E-state index is -0.935. The van der Waals surface area contributed by atoms with Crippen LogP contribution in [0.1, 0.15) is 42.6 Å². The van der Waals surface area contributed by atoms with Crippen LogP contribution in [0.2, 0.25) is 0 Å². The van der Waals surface area contributed by atoms with Crippen molar-refractivity contribution in [3.05, 3.63) is 84.3 Å². The highest BCUT2D eigenvalue weighted by Gasteiger charge is 2.20. The largest absolute Gasteiger partial charge is 0.491 e. The molecule has 0 unspecified atom stereocenters. The Morgan fingerprint density at radius 1 is 1.02 bits per heavy atom. The molecule has 11 heteroatoms. The van der Waals surface area contributed by atoms with Gasteiger partial charge in [0.2, 0.25) is 0 Å². The second-order valence-electron chi connectivity index (χ2n) is 11.0. The van der Waals surface area contributed by atoms with E-state index in [2.05, 4.69) is 47.6 Å². The second kappa shape index (κ2) is 15.7. The number of carboxylic acid groups (broad SMARTS) is 1. The number of hydrogen-bond donors (Lipinski definition) is 3. The summed E-state index contributed by atoms with van der Waals surface area (Å²) in [6.45, 7) is 5.47. The molecule has 0 fully saturated rings. The maximum atomic E-state index is 12.2. The summed E-state index contributed by atoms with van der Waals surface area (Å²) in [5.74, 6) is 1.23. The van der Waals surface area contributed by atoms with E-state index in [-0.39, 0.29) is 0 Å². The van der Waals surface area contributed by atoms with Crippen molar-refractivity contribution in [3.8, 4) is 17.0 Å². The Hall–Kier alpha value is -4.64. The molecule has 0 bridgehead atoms. The van der Waals surface area contributed by atoms with Gasteiger partial charge in [0, 0.05) is 49.0 Å². The molecule has 1 atom stereocenters. The number of aliphatic carboxylic acids is 1. The summed E-state index contributed by atoms with van der Waals surface area (Å²) in [7, 11) is 0. The fraction of sp³-hybridized carbons (Fsp3) is 0.394. The van der Waals surface area contributed by atoms with Gasteiger partial charge in [-0.1, -0.05) is 6.07 Å². The number of anilines is 2. The van der Waals surface area contributed by atoms with Crippen molar-refractivity contribution >= 4 is 17.6 Å². The second-order valence-corrected chi connectivity index (χ2v) is 11.0. The number of aromatic nitrogens is 5. The van der Waals surface area contributed by atoms with Crippen molar-refractivity contribution in [2.45, 2.75) is 51.5 Å². The van der Waals surface area contributed by atoms with E-state index in [1.165, 1.54) is 5.56 Å². The number of rotatable bonds is 16. The predicted molar refractivity (Wildman–Crippen MR) is 170 cm³/mol. The Morgan fingerprint density at radius 2 is 1.91 bits per heavy atom. The van der Waals surface area contributed by atoms with E-state index in [1.54, 1.807) is 31.0 Å². The van der Waals surface area contributed by atoms with Crippen LogP contribution in [-0.2, 0) is 17.6 Å². The van der Waals surface area contributed by atoms with Crippen molar-refractivity contribution < 1.29 is 14.6 Å². The number of pyridine rings is 3. The van der Waals surface area contributed by atoms with E-state index in [1.807, 2.05) is 31.2 Å². The Kier molecular flexibility index (Phi) is 11.0. The summed E-state index contributed by atoms with van der Waals surface area (Å²) >= 11 is 0. The maximum Gasteiger partial charge on any atom is 0.326 e. The van der Waals surface area contributed by atoms with Crippen LogP contribution in [0.25, 0.3) is 11.3 Å². The molecule has 0 amide bonds. The first kappa shape index (κ1) is 30.8. The van der Waals surface area contributed by atoms with Gasteiger partial charge < -0.3 is 20.5 Å². The summed E-state index contributed by atoms with van der Waals surface area (Å²) in [5, 5.41) is 16.5. The molecular weight excluding hydrogens is 556 g/mol. The molecule has 1 aliphatic heterocycles. The van der Waals surface area contributed by atoms with Crippen molar-refractivity contribution in [2.24, 2.45) is 0 Å². The van der Waals surface area contributed by atoms with E-state index >= 15 is 0 Å². The number of nitrogens with zero attached hydrogens (tertiary/aromatic N) is 6. The molecular formula is C33H40N8O3. The van der Waals surface area contributed by atoms with Crippen LogP contribution in [0, 0.1) is 6.92 Å². The van der Waals surface area contributed by atoms with Gasteiger partial charge in [0.1, 0.15) is 30.0 Å². The quantitative estimate of drug-likeness (QED) is 0.156. The van der Waals surface area contributed by atoms with E-state index < -0.39 is 12.0 Å². The van der Waals surface area contributed by atoms with E-state index in [9.17, 15) is 9.90 Å². The number of carbonyl (C=O) groups is 1. The third-order valence-corrected chi connectivity index (χ3v) is 7.63. The van der Waals surface area contributed by atoms with Crippen molar-refractivity contribution in [3.63, 3.8) is 0 Å². The maximum absolute atomic E-state index is 12.2. The van der Waals surface area contributed by atoms with Gasteiger partial charge in [-0.3, -0.25) is 19.9 Å². The molecule has 5 rings (SSSR count). The van der Waals surface area contributed by atoms with E-state index in [0.29, 0.717) is 37.6 Å². The van der Waals surface area contributed by atoms with Crippen molar-refractivity contribution in [2.75, 3.05) is 43.4 Å². The molecule has 44 heavy (non-hydrogen) atoms. The van der Waals surface area contributed by atoms with Crippen LogP contribution in [0.4, 0.5) is 11.6 Å². The van der Waals surface area contributed by atoms with Gasteiger partial charge >= 0.3 is 5.97 Å². The van der Waals surface area contributed by atoms with Crippen molar-refractivity contribution in [1.29, 1.82) is 0 Å². The molecule has 4 aromatic heterocycles. The smallest absolute Gasteiger partial charge is 0.326 e. The molecule has 1 aliphatic rings. The molecule has 230 valence electrons. The number of unbranched alkanes of at least 4 members (excludes halogenated alkanes) is 1.